The third-order valence-corrected chi connectivity index (χ3v) is 5.17. The smallest absolute Gasteiger partial charge is 0.207 e. The molecular formula is C12H18BrNO2S. The molecule has 0 aliphatic carbocycles. The Hall–Kier alpha value is -0.390. The van der Waals surface area contributed by atoms with E-state index in [1.807, 2.05) is 20.8 Å². The third-order valence-electron chi connectivity index (χ3n) is 2.46. The lowest BCUT2D eigenvalue weighted by atomic mass is 10.2. The van der Waals surface area contributed by atoms with Gasteiger partial charge in [-0.2, -0.15) is 0 Å². The number of hydrogen-bond donors (Lipinski definition) is 0. The van der Waals surface area contributed by atoms with E-state index in [1.165, 1.54) is 4.31 Å². The molecule has 1 aromatic carbocycles. The summed E-state index contributed by atoms with van der Waals surface area (Å²) >= 11 is 3.36. The van der Waals surface area contributed by atoms with Crippen LogP contribution in [0.3, 0.4) is 0 Å². The highest BCUT2D eigenvalue weighted by Crippen LogP contribution is 2.22. The monoisotopic (exact) mass is 319 g/mol. The SMILES string of the molecule is Cc1cc(S(=O)(=O)N(C)CC(C)C)ccc1Br. The van der Waals surface area contributed by atoms with Crippen molar-refractivity contribution >= 4 is 26.0 Å². The zero-order valence-electron chi connectivity index (χ0n) is 10.6. The van der Waals surface area contributed by atoms with Gasteiger partial charge in [-0.25, -0.2) is 12.7 Å². The summed E-state index contributed by atoms with van der Waals surface area (Å²) in [5.74, 6) is 0.311. The number of nitrogens with zero attached hydrogens (tertiary/aromatic N) is 1. The van der Waals surface area contributed by atoms with Crippen molar-refractivity contribution in [3.63, 3.8) is 0 Å². The maximum atomic E-state index is 12.2. The predicted molar refractivity (Wildman–Crippen MR) is 73.5 cm³/mol. The van der Waals surface area contributed by atoms with Crippen LogP contribution in [0, 0.1) is 12.8 Å². The minimum Gasteiger partial charge on any atom is -0.207 e. The van der Waals surface area contributed by atoms with Crippen molar-refractivity contribution < 1.29 is 8.42 Å². The number of halogens is 1. The lowest BCUT2D eigenvalue weighted by Gasteiger charge is -2.19. The van der Waals surface area contributed by atoms with Crippen molar-refractivity contribution in [2.24, 2.45) is 5.92 Å². The number of rotatable bonds is 4. The average Bonchev–Trinajstić information content (AvgIpc) is 2.20. The fourth-order valence-electron chi connectivity index (χ4n) is 1.57. The second kappa shape index (κ2) is 5.50. The van der Waals surface area contributed by atoms with E-state index >= 15 is 0 Å². The van der Waals surface area contributed by atoms with Crippen LogP contribution >= 0.6 is 15.9 Å². The van der Waals surface area contributed by atoms with Crippen LogP contribution in [-0.2, 0) is 10.0 Å². The first kappa shape index (κ1) is 14.7. The predicted octanol–water partition coefficient (Wildman–Crippen LogP) is 3.03. The van der Waals surface area contributed by atoms with Crippen LogP contribution in [0.1, 0.15) is 19.4 Å². The first-order chi connectivity index (χ1) is 7.75. The van der Waals surface area contributed by atoms with Gasteiger partial charge in [-0.1, -0.05) is 29.8 Å². The van der Waals surface area contributed by atoms with Gasteiger partial charge in [0.25, 0.3) is 0 Å². The van der Waals surface area contributed by atoms with Gasteiger partial charge in [0.1, 0.15) is 0 Å². The summed E-state index contributed by atoms with van der Waals surface area (Å²) in [5, 5.41) is 0. The molecule has 0 saturated heterocycles. The largest absolute Gasteiger partial charge is 0.242 e. The zero-order chi connectivity index (χ0) is 13.2. The van der Waals surface area contributed by atoms with E-state index in [2.05, 4.69) is 15.9 Å². The maximum Gasteiger partial charge on any atom is 0.242 e. The number of aryl methyl sites for hydroxylation is 1. The molecule has 0 aromatic heterocycles. The van der Waals surface area contributed by atoms with Crippen molar-refractivity contribution in [2.75, 3.05) is 13.6 Å². The fourth-order valence-corrected chi connectivity index (χ4v) is 3.24. The van der Waals surface area contributed by atoms with Crippen LogP contribution in [0.5, 0.6) is 0 Å². The second-order valence-electron chi connectivity index (χ2n) is 4.59. The van der Waals surface area contributed by atoms with E-state index in [4.69, 9.17) is 0 Å². The first-order valence-corrected chi connectivity index (χ1v) is 7.71. The molecule has 3 nitrogen and oxygen atoms in total. The fraction of sp³-hybridized carbons (Fsp3) is 0.500. The average molecular weight is 320 g/mol. The third kappa shape index (κ3) is 3.53. The molecule has 0 bridgehead atoms. The summed E-state index contributed by atoms with van der Waals surface area (Å²) < 4.78 is 26.8. The lowest BCUT2D eigenvalue weighted by molar-refractivity contribution is 0.417. The van der Waals surface area contributed by atoms with Gasteiger partial charge in [0.15, 0.2) is 0 Å². The van der Waals surface area contributed by atoms with Gasteiger partial charge in [-0.3, -0.25) is 0 Å². The molecule has 5 heteroatoms. The van der Waals surface area contributed by atoms with E-state index in [0.29, 0.717) is 17.4 Å². The number of hydrogen-bond acceptors (Lipinski definition) is 2. The highest BCUT2D eigenvalue weighted by atomic mass is 79.9. The van der Waals surface area contributed by atoms with Crippen molar-refractivity contribution in [1.82, 2.24) is 4.31 Å². The van der Waals surface area contributed by atoms with Crippen molar-refractivity contribution in [2.45, 2.75) is 25.7 Å². The molecule has 0 amide bonds. The summed E-state index contributed by atoms with van der Waals surface area (Å²) in [7, 11) is -1.74. The summed E-state index contributed by atoms with van der Waals surface area (Å²) in [4.78, 5) is 0.348. The minimum atomic E-state index is -3.36. The van der Waals surface area contributed by atoms with Crippen LogP contribution in [-0.4, -0.2) is 26.3 Å². The molecule has 0 unspecified atom stereocenters. The molecule has 0 saturated carbocycles. The first-order valence-electron chi connectivity index (χ1n) is 5.47. The van der Waals surface area contributed by atoms with E-state index < -0.39 is 10.0 Å². The van der Waals surface area contributed by atoms with Crippen molar-refractivity contribution in [3.05, 3.63) is 28.2 Å². The Bertz CT molecular complexity index is 497. The standard InChI is InChI=1S/C12H18BrNO2S/c1-9(2)8-14(4)17(15,16)11-5-6-12(13)10(3)7-11/h5-7,9H,8H2,1-4H3. The number of benzene rings is 1. The van der Waals surface area contributed by atoms with Crippen LogP contribution in [0.25, 0.3) is 0 Å². The number of sulfonamides is 1. The molecule has 0 N–H and O–H groups in total. The molecule has 1 rings (SSSR count). The molecule has 1 aromatic rings. The van der Waals surface area contributed by atoms with Gasteiger partial charge in [-0.15, -0.1) is 0 Å². The summed E-state index contributed by atoms with van der Waals surface area (Å²) in [6, 6.07) is 5.09. The van der Waals surface area contributed by atoms with Gasteiger partial charge in [0.2, 0.25) is 10.0 Å². The van der Waals surface area contributed by atoms with E-state index in [-0.39, 0.29) is 0 Å². The summed E-state index contributed by atoms with van der Waals surface area (Å²) in [6.45, 7) is 6.40. The van der Waals surface area contributed by atoms with Crippen LogP contribution in [0.15, 0.2) is 27.6 Å². The Morgan fingerprint density at radius 2 is 1.94 bits per heavy atom. The van der Waals surface area contributed by atoms with E-state index in [9.17, 15) is 8.42 Å². The Labute approximate surface area is 112 Å². The molecule has 0 radical (unpaired) electrons. The lowest BCUT2D eigenvalue weighted by Crippen LogP contribution is -2.30. The van der Waals surface area contributed by atoms with E-state index in [0.717, 1.165) is 10.0 Å². The normalized spacial score (nSPS) is 12.4. The van der Waals surface area contributed by atoms with Crippen LogP contribution in [0.2, 0.25) is 0 Å². The van der Waals surface area contributed by atoms with Gasteiger partial charge in [-0.05, 0) is 36.6 Å². The molecule has 17 heavy (non-hydrogen) atoms. The molecule has 0 spiro atoms. The summed E-state index contributed by atoms with van der Waals surface area (Å²) in [5.41, 5.74) is 0.920. The molecule has 0 aliphatic heterocycles. The Morgan fingerprint density at radius 3 is 2.41 bits per heavy atom. The highest BCUT2D eigenvalue weighted by molar-refractivity contribution is 9.10. The Morgan fingerprint density at radius 1 is 1.35 bits per heavy atom. The molecular weight excluding hydrogens is 302 g/mol. The van der Waals surface area contributed by atoms with Gasteiger partial charge >= 0.3 is 0 Å². The van der Waals surface area contributed by atoms with Crippen molar-refractivity contribution in [3.8, 4) is 0 Å². The molecule has 0 aliphatic rings. The minimum absolute atomic E-state index is 0.311. The Kier molecular flexibility index (Phi) is 4.75. The van der Waals surface area contributed by atoms with Crippen LogP contribution in [0.4, 0.5) is 0 Å². The van der Waals surface area contributed by atoms with Gasteiger partial charge in [0.05, 0.1) is 4.90 Å². The highest BCUT2D eigenvalue weighted by Gasteiger charge is 2.21. The summed E-state index contributed by atoms with van der Waals surface area (Å²) in [6.07, 6.45) is 0. The quantitative estimate of drug-likeness (QED) is 0.855. The van der Waals surface area contributed by atoms with Gasteiger partial charge < -0.3 is 0 Å². The molecule has 0 fully saturated rings. The topological polar surface area (TPSA) is 37.4 Å². The molecule has 96 valence electrons. The molecule has 0 heterocycles. The second-order valence-corrected chi connectivity index (χ2v) is 7.49. The zero-order valence-corrected chi connectivity index (χ0v) is 13.0. The van der Waals surface area contributed by atoms with Crippen molar-refractivity contribution in [1.29, 1.82) is 0 Å². The van der Waals surface area contributed by atoms with Gasteiger partial charge in [0, 0.05) is 18.1 Å². The molecule has 0 atom stereocenters. The Balaban J connectivity index is 3.09. The maximum absolute atomic E-state index is 12.2. The van der Waals surface area contributed by atoms with E-state index in [1.54, 1.807) is 25.2 Å². The van der Waals surface area contributed by atoms with Crippen LogP contribution < -0.4 is 0 Å².